The number of nitrogens with zero attached hydrogens (tertiary/aromatic N) is 1. The highest BCUT2D eigenvalue weighted by Gasteiger charge is 2.24. The fourth-order valence-corrected chi connectivity index (χ4v) is 1.99. The molecular formula is C13H18N2. The summed E-state index contributed by atoms with van der Waals surface area (Å²) in [6.45, 7) is 2.99. The smallest absolute Gasteiger partial charge is 0.0110 e. The number of benzene rings is 1. The third-order valence-electron chi connectivity index (χ3n) is 2.92. The van der Waals surface area contributed by atoms with E-state index in [1.54, 1.807) is 0 Å². The molecule has 0 amide bonds. The van der Waals surface area contributed by atoms with Crippen LogP contribution in [-0.4, -0.2) is 31.6 Å². The van der Waals surface area contributed by atoms with E-state index in [9.17, 15) is 0 Å². The number of hydrogen-bond acceptors (Lipinski definition) is 2. The maximum absolute atomic E-state index is 5.41. The van der Waals surface area contributed by atoms with E-state index in [0.29, 0.717) is 6.54 Å². The van der Waals surface area contributed by atoms with Crippen molar-refractivity contribution in [2.75, 3.05) is 26.7 Å². The molecule has 0 spiro atoms. The van der Waals surface area contributed by atoms with Gasteiger partial charge in [-0.1, -0.05) is 36.4 Å². The van der Waals surface area contributed by atoms with E-state index in [4.69, 9.17) is 5.73 Å². The first-order valence-corrected chi connectivity index (χ1v) is 5.44. The van der Waals surface area contributed by atoms with Crippen LogP contribution in [0.5, 0.6) is 0 Å². The predicted molar refractivity (Wildman–Crippen MR) is 64.8 cm³/mol. The zero-order valence-corrected chi connectivity index (χ0v) is 9.19. The van der Waals surface area contributed by atoms with Crippen molar-refractivity contribution in [3.63, 3.8) is 0 Å². The summed E-state index contributed by atoms with van der Waals surface area (Å²) in [5.74, 6) is 0.738. The summed E-state index contributed by atoms with van der Waals surface area (Å²) in [6, 6.07) is 8.79. The summed E-state index contributed by atoms with van der Waals surface area (Å²) in [4.78, 5) is 2.34. The number of rotatable bonds is 3. The van der Waals surface area contributed by atoms with Crippen LogP contribution >= 0.6 is 0 Å². The Labute approximate surface area is 91.4 Å². The minimum Gasteiger partial charge on any atom is -0.327 e. The number of nitrogens with two attached hydrogens (primary N) is 1. The van der Waals surface area contributed by atoms with E-state index in [-0.39, 0.29) is 0 Å². The summed E-state index contributed by atoms with van der Waals surface area (Å²) in [6.07, 6.45) is 4.04. The molecule has 0 radical (unpaired) electrons. The fourth-order valence-electron chi connectivity index (χ4n) is 1.99. The molecule has 1 fully saturated rings. The summed E-state index contributed by atoms with van der Waals surface area (Å²) >= 11 is 0. The lowest BCUT2D eigenvalue weighted by Crippen LogP contribution is -2.41. The molecule has 2 heteroatoms. The topological polar surface area (TPSA) is 29.3 Å². The first-order valence-electron chi connectivity index (χ1n) is 5.44. The highest BCUT2D eigenvalue weighted by molar-refractivity contribution is 5.50. The standard InChI is InChI=1S/C13H18N2/c1-15-9-13(10-15)12-6-4-11(5-7-12)3-2-8-14/h2-7,13H,8-10,14H2,1H3/b3-2+. The molecule has 80 valence electrons. The fraction of sp³-hybridized carbons (Fsp3) is 0.385. The highest BCUT2D eigenvalue weighted by atomic mass is 15.2. The molecule has 1 aliphatic heterocycles. The second-order valence-corrected chi connectivity index (χ2v) is 4.22. The van der Waals surface area contributed by atoms with Crippen LogP contribution in [0.2, 0.25) is 0 Å². The SMILES string of the molecule is CN1CC(c2ccc(/C=C/CN)cc2)C1. The maximum Gasteiger partial charge on any atom is 0.0110 e. The Hall–Kier alpha value is -1.12. The molecule has 1 heterocycles. The van der Waals surface area contributed by atoms with Crippen molar-refractivity contribution >= 4 is 6.08 Å². The predicted octanol–water partition coefficient (Wildman–Crippen LogP) is 1.69. The molecule has 2 nitrogen and oxygen atoms in total. The second kappa shape index (κ2) is 4.60. The van der Waals surface area contributed by atoms with Crippen molar-refractivity contribution in [3.8, 4) is 0 Å². The lowest BCUT2D eigenvalue weighted by atomic mass is 9.91. The van der Waals surface area contributed by atoms with Gasteiger partial charge in [0, 0.05) is 25.6 Å². The summed E-state index contributed by atoms with van der Waals surface area (Å²) < 4.78 is 0. The first kappa shape index (κ1) is 10.4. The van der Waals surface area contributed by atoms with E-state index < -0.39 is 0 Å². The number of hydrogen-bond donors (Lipinski definition) is 1. The van der Waals surface area contributed by atoms with Gasteiger partial charge in [-0.3, -0.25) is 0 Å². The van der Waals surface area contributed by atoms with Crippen molar-refractivity contribution in [1.82, 2.24) is 4.90 Å². The monoisotopic (exact) mass is 202 g/mol. The molecule has 1 saturated heterocycles. The van der Waals surface area contributed by atoms with Gasteiger partial charge < -0.3 is 10.6 Å². The number of likely N-dealkylation sites (N-methyl/N-ethyl adjacent to an activating group) is 1. The Kier molecular flexibility index (Phi) is 3.19. The summed E-state index contributed by atoms with van der Waals surface area (Å²) in [7, 11) is 2.16. The molecule has 1 aromatic carbocycles. The minimum absolute atomic E-state index is 0.606. The Morgan fingerprint density at radius 1 is 1.33 bits per heavy atom. The van der Waals surface area contributed by atoms with E-state index in [0.717, 1.165) is 5.92 Å². The molecule has 0 saturated carbocycles. The molecule has 0 aromatic heterocycles. The average Bonchev–Trinajstić information content (AvgIpc) is 2.23. The van der Waals surface area contributed by atoms with Gasteiger partial charge >= 0.3 is 0 Å². The van der Waals surface area contributed by atoms with Crippen molar-refractivity contribution in [1.29, 1.82) is 0 Å². The Bertz CT molecular complexity index is 334. The van der Waals surface area contributed by atoms with E-state index >= 15 is 0 Å². The van der Waals surface area contributed by atoms with E-state index in [2.05, 4.69) is 42.3 Å². The third kappa shape index (κ3) is 2.46. The highest BCUT2D eigenvalue weighted by Crippen LogP contribution is 2.25. The molecule has 0 aliphatic carbocycles. The minimum atomic E-state index is 0.606. The first-order chi connectivity index (χ1) is 7.29. The lowest BCUT2D eigenvalue weighted by molar-refractivity contribution is 0.190. The van der Waals surface area contributed by atoms with E-state index in [1.165, 1.54) is 24.2 Å². The molecule has 2 N–H and O–H groups in total. The third-order valence-corrected chi connectivity index (χ3v) is 2.92. The zero-order valence-electron chi connectivity index (χ0n) is 9.19. The maximum atomic E-state index is 5.41. The van der Waals surface area contributed by atoms with Crippen LogP contribution in [0, 0.1) is 0 Å². The van der Waals surface area contributed by atoms with Gasteiger partial charge in [0.1, 0.15) is 0 Å². The summed E-state index contributed by atoms with van der Waals surface area (Å²) in [5.41, 5.74) is 8.10. The number of likely N-dealkylation sites (tertiary alicyclic amines) is 1. The van der Waals surface area contributed by atoms with Crippen LogP contribution in [0.15, 0.2) is 30.3 Å². The molecule has 0 atom stereocenters. The Morgan fingerprint density at radius 3 is 2.53 bits per heavy atom. The van der Waals surface area contributed by atoms with Crippen molar-refractivity contribution < 1.29 is 0 Å². The van der Waals surface area contributed by atoms with Crippen LogP contribution in [0.4, 0.5) is 0 Å². The quantitative estimate of drug-likeness (QED) is 0.808. The van der Waals surface area contributed by atoms with Crippen LogP contribution in [-0.2, 0) is 0 Å². The van der Waals surface area contributed by atoms with Gasteiger partial charge in [0.15, 0.2) is 0 Å². The van der Waals surface area contributed by atoms with Gasteiger partial charge in [-0.25, -0.2) is 0 Å². The van der Waals surface area contributed by atoms with Gasteiger partial charge in [-0.15, -0.1) is 0 Å². The van der Waals surface area contributed by atoms with Crippen LogP contribution in [0.3, 0.4) is 0 Å². The molecule has 0 unspecified atom stereocenters. The van der Waals surface area contributed by atoms with Gasteiger partial charge in [0.2, 0.25) is 0 Å². The lowest BCUT2D eigenvalue weighted by Gasteiger charge is -2.36. The second-order valence-electron chi connectivity index (χ2n) is 4.22. The molecule has 1 aliphatic rings. The Morgan fingerprint density at radius 2 is 2.00 bits per heavy atom. The van der Waals surface area contributed by atoms with E-state index in [1.807, 2.05) is 6.08 Å². The zero-order chi connectivity index (χ0) is 10.7. The van der Waals surface area contributed by atoms with Crippen molar-refractivity contribution in [2.45, 2.75) is 5.92 Å². The molecule has 15 heavy (non-hydrogen) atoms. The van der Waals surface area contributed by atoms with Gasteiger partial charge in [0.05, 0.1) is 0 Å². The van der Waals surface area contributed by atoms with Gasteiger partial charge in [-0.05, 0) is 18.2 Å². The van der Waals surface area contributed by atoms with Crippen molar-refractivity contribution in [2.24, 2.45) is 5.73 Å². The van der Waals surface area contributed by atoms with Crippen LogP contribution in [0.25, 0.3) is 6.08 Å². The van der Waals surface area contributed by atoms with Crippen molar-refractivity contribution in [3.05, 3.63) is 41.5 Å². The molecular weight excluding hydrogens is 184 g/mol. The molecule has 0 bridgehead atoms. The largest absolute Gasteiger partial charge is 0.327 e. The van der Waals surface area contributed by atoms with Crippen LogP contribution in [0.1, 0.15) is 17.0 Å². The normalized spacial score (nSPS) is 18.3. The Balaban J connectivity index is 2.01. The average molecular weight is 202 g/mol. The van der Waals surface area contributed by atoms with Crippen LogP contribution < -0.4 is 5.73 Å². The molecule has 1 aromatic rings. The van der Waals surface area contributed by atoms with Gasteiger partial charge in [-0.2, -0.15) is 0 Å². The molecule has 2 rings (SSSR count). The van der Waals surface area contributed by atoms with Gasteiger partial charge in [0.25, 0.3) is 0 Å². The summed E-state index contributed by atoms with van der Waals surface area (Å²) in [5, 5.41) is 0.